The van der Waals surface area contributed by atoms with Crippen LogP contribution in [0.5, 0.6) is 0 Å². The van der Waals surface area contributed by atoms with Crippen molar-refractivity contribution in [3.63, 3.8) is 0 Å². The number of hydrogen-bond acceptors (Lipinski definition) is 6. The summed E-state index contributed by atoms with van der Waals surface area (Å²) in [5.74, 6) is -0.863. The van der Waals surface area contributed by atoms with Crippen LogP contribution in [0.4, 0.5) is 0 Å². The van der Waals surface area contributed by atoms with E-state index < -0.39 is 6.10 Å². The lowest BCUT2D eigenvalue weighted by Gasteiger charge is -2.18. The van der Waals surface area contributed by atoms with Crippen molar-refractivity contribution in [1.29, 1.82) is 0 Å². The Morgan fingerprint density at radius 1 is 0.270 bits per heavy atom. The molecule has 0 heterocycles. The standard InChI is InChI=1S/C68H124O6/c1-4-7-10-13-16-19-22-25-28-31-33-34-35-38-40-43-46-49-52-55-58-61-67(70)73-64-65(63-72-66(69)60-57-54-51-48-45-42-39-36-30-27-24-21-18-15-12-9-6-3)74-68(71)62-59-56-53-50-47-44-41-37-32-29-26-23-20-17-14-11-8-5-2/h18,21-22,25,27,30-31,33,65H,4-17,19-20,23-24,26,28-29,32,34-64H2,1-3H3/b21-18-,25-22-,30-27-,33-31-. The van der Waals surface area contributed by atoms with Gasteiger partial charge in [0, 0.05) is 19.3 Å². The van der Waals surface area contributed by atoms with Gasteiger partial charge in [-0.05, 0) is 83.5 Å². The van der Waals surface area contributed by atoms with E-state index >= 15 is 0 Å². The molecule has 0 aromatic carbocycles. The maximum absolute atomic E-state index is 12.9. The van der Waals surface area contributed by atoms with E-state index in [1.807, 2.05) is 0 Å². The zero-order chi connectivity index (χ0) is 53.6. The first-order valence-corrected chi connectivity index (χ1v) is 32.6. The summed E-state index contributed by atoms with van der Waals surface area (Å²) in [5.41, 5.74) is 0. The van der Waals surface area contributed by atoms with Gasteiger partial charge < -0.3 is 14.2 Å². The summed E-state index contributed by atoms with van der Waals surface area (Å²) in [4.78, 5) is 38.4. The molecule has 0 N–H and O–H groups in total. The van der Waals surface area contributed by atoms with Crippen LogP contribution in [0.3, 0.4) is 0 Å². The van der Waals surface area contributed by atoms with Gasteiger partial charge in [0.15, 0.2) is 6.10 Å². The van der Waals surface area contributed by atoms with E-state index in [0.717, 1.165) is 77.0 Å². The molecule has 0 saturated carbocycles. The summed E-state index contributed by atoms with van der Waals surface area (Å²) in [5, 5.41) is 0. The molecular formula is C68H124O6. The van der Waals surface area contributed by atoms with Crippen LogP contribution in [-0.2, 0) is 28.6 Å². The number of unbranched alkanes of at least 4 members (excludes halogenated alkanes) is 41. The van der Waals surface area contributed by atoms with Gasteiger partial charge in [-0.2, -0.15) is 0 Å². The van der Waals surface area contributed by atoms with Crippen molar-refractivity contribution in [3.05, 3.63) is 48.6 Å². The fraction of sp³-hybridized carbons (Fsp3) is 0.838. The lowest BCUT2D eigenvalue weighted by molar-refractivity contribution is -0.167. The Hall–Kier alpha value is -2.63. The first kappa shape index (κ1) is 71.4. The highest BCUT2D eigenvalue weighted by Crippen LogP contribution is 2.17. The lowest BCUT2D eigenvalue weighted by Crippen LogP contribution is -2.30. The first-order chi connectivity index (χ1) is 36.5. The van der Waals surface area contributed by atoms with Crippen molar-refractivity contribution in [2.45, 2.75) is 354 Å². The molecule has 0 spiro atoms. The molecule has 6 nitrogen and oxygen atoms in total. The second kappa shape index (κ2) is 62.9. The Kier molecular flexibility index (Phi) is 60.7. The van der Waals surface area contributed by atoms with Crippen LogP contribution in [0.15, 0.2) is 48.6 Å². The molecule has 6 heteroatoms. The number of rotatable bonds is 60. The highest BCUT2D eigenvalue weighted by atomic mass is 16.6. The number of allylic oxidation sites excluding steroid dienone is 8. The SMILES string of the molecule is CCCCC/C=C\C/C=C\CCCCCCCCCC(=O)OCC(COC(=O)CCCCCCCCCCC/C=C\C/C=C\CCCCCCC)OC(=O)CCCCCCCCCCCCCCCCCCCC. The molecule has 432 valence electrons. The second-order valence-corrected chi connectivity index (χ2v) is 22.0. The summed E-state index contributed by atoms with van der Waals surface area (Å²) in [6.07, 6.45) is 78.2. The average Bonchev–Trinajstić information content (AvgIpc) is 3.40. The largest absolute Gasteiger partial charge is 0.462 e. The first-order valence-electron chi connectivity index (χ1n) is 32.6. The van der Waals surface area contributed by atoms with Crippen LogP contribution in [0.25, 0.3) is 0 Å². The van der Waals surface area contributed by atoms with Gasteiger partial charge in [0.05, 0.1) is 0 Å². The van der Waals surface area contributed by atoms with Crippen molar-refractivity contribution in [2.75, 3.05) is 13.2 Å². The third-order valence-corrected chi connectivity index (χ3v) is 14.6. The van der Waals surface area contributed by atoms with E-state index in [9.17, 15) is 14.4 Å². The molecule has 0 aromatic heterocycles. The Balaban J connectivity index is 4.35. The van der Waals surface area contributed by atoms with Crippen LogP contribution < -0.4 is 0 Å². The lowest BCUT2D eigenvalue weighted by atomic mass is 10.0. The molecule has 1 atom stereocenters. The van der Waals surface area contributed by atoms with E-state index in [0.29, 0.717) is 19.3 Å². The molecule has 0 bridgehead atoms. The number of esters is 3. The van der Waals surface area contributed by atoms with Crippen molar-refractivity contribution < 1.29 is 28.6 Å². The van der Waals surface area contributed by atoms with Gasteiger partial charge in [-0.25, -0.2) is 0 Å². The maximum Gasteiger partial charge on any atom is 0.306 e. The van der Waals surface area contributed by atoms with Crippen LogP contribution in [-0.4, -0.2) is 37.2 Å². The number of hydrogen-bond donors (Lipinski definition) is 0. The van der Waals surface area contributed by atoms with E-state index in [1.54, 1.807) is 0 Å². The minimum Gasteiger partial charge on any atom is -0.462 e. The maximum atomic E-state index is 12.9. The monoisotopic (exact) mass is 1040 g/mol. The molecule has 0 amide bonds. The van der Waals surface area contributed by atoms with Crippen LogP contribution in [0.2, 0.25) is 0 Å². The minimum atomic E-state index is -0.777. The fourth-order valence-electron chi connectivity index (χ4n) is 9.62. The molecular weight excluding hydrogens is 913 g/mol. The van der Waals surface area contributed by atoms with Crippen LogP contribution >= 0.6 is 0 Å². The highest BCUT2D eigenvalue weighted by Gasteiger charge is 2.19. The van der Waals surface area contributed by atoms with E-state index in [-0.39, 0.29) is 31.1 Å². The molecule has 0 fully saturated rings. The molecule has 0 saturated heterocycles. The highest BCUT2D eigenvalue weighted by molar-refractivity contribution is 5.71. The molecule has 74 heavy (non-hydrogen) atoms. The van der Waals surface area contributed by atoms with Crippen LogP contribution in [0, 0.1) is 0 Å². The topological polar surface area (TPSA) is 78.9 Å². The van der Waals surface area contributed by atoms with Gasteiger partial charge in [-0.1, -0.05) is 294 Å². The Bertz CT molecular complexity index is 1280. The average molecular weight is 1040 g/mol. The zero-order valence-electron chi connectivity index (χ0n) is 49.6. The van der Waals surface area contributed by atoms with Gasteiger partial charge >= 0.3 is 17.9 Å². The quantitative estimate of drug-likeness (QED) is 0.0261. The van der Waals surface area contributed by atoms with E-state index in [1.165, 1.54) is 231 Å². The predicted octanol–water partition coefficient (Wildman–Crippen LogP) is 22.2. The molecule has 0 aliphatic carbocycles. The summed E-state index contributed by atoms with van der Waals surface area (Å²) in [7, 11) is 0. The van der Waals surface area contributed by atoms with Crippen molar-refractivity contribution in [3.8, 4) is 0 Å². The molecule has 0 aliphatic heterocycles. The van der Waals surface area contributed by atoms with Crippen LogP contribution in [0.1, 0.15) is 348 Å². The number of carbonyl (C=O) groups is 3. The fourth-order valence-corrected chi connectivity index (χ4v) is 9.62. The molecule has 1 unspecified atom stereocenters. The van der Waals surface area contributed by atoms with Gasteiger partial charge in [-0.15, -0.1) is 0 Å². The number of ether oxygens (including phenoxy) is 3. The van der Waals surface area contributed by atoms with Crippen molar-refractivity contribution >= 4 is 17.9 Å². The van der Waals surface area contributed by atoms with Crippen molar-refractivity contribution in [2.24, 2.45) is 0 Å². The van der Waals surface area contributed by atoms with Gasteiger partial charge in [0.1, 0.15) is 13.2 Å². The third kappa shape index (κ3) is 60.2. The smallest absolute Gasteiger partial charge is 0.306 e. The molecule has 0 radical (unpaired) electrons. The predicted molar refractivity (Wildman–Crippen MR) is 321 cm³/mol. The minimum absolute atomic E-state index is 0.0744. The third-order valence-electron chi connectivity index (χ3n) is 14.6. The normalized spacial score (nSPS) is 12.3. The zero-order valence-corrected chi connectivity index (χ0v) is 49.6. The molecule has 0 aromatic rings. The van der Waals surface area contributed by atoms with Gasteiger partial charge in [0.25, 0.3) is 0 Å². The van der Waals surface area contributed by atoms with Crippen molar-refractivity contribution in [1.82, 2.24) is 0 Å². The number of carbonyl (C=O) groups excluding carboxylic acids is 3. The Morgan fingerprint density at radius 2 is 0.486 bits per heavy atom. The Morgan fingerprint density at radius 3 is 0.770 bits per heavy atom. The van der Waals surface area contributed by atoms with Gasteiger partial charge in [-0.3, -0.25) is 14.4 Å². The second-order valence-electron chi connectivity index (χ2n) is 22.0. The van der Waals surface area contributed by atoms with E-state index in [2.05, 4.69) is 69.4 Å². The van der Waals surface area contributed by atoms with E-state index in [4.69, 9.17) is 14.2 Å². The molecule has 0 rings (SSSR count). The summed E-state index contributed by atoms with van der Waals surface area (Å²) in [6.45, 7) is 6.65. The molecule has 0 aliphatic rings. The Labute approximate surface area is 460 Å². The van der Waals surface area contributed by atoms with Gasteiger partial charge in [0.2, 0.25) is 0 Å². The summed E-state index contributed by atoms with van der Waals surface area (Å²) in [6, 6.07) is 0. The summed E-state index contributed by atoms with van der Waals surface area (Å²) < 4.78 is 17.0. The summed E-state index contributed by atoms with van der Waals surface area (Å²) >= 11 is 0.